The first kappa shape index (κ1) is 20.0. The van der Waals surface area contributed by atoms with Crippen molar-refractivity contribution in [3.63, 3.8) is 0 Å². The minimum atomic E-state index is 0.0727. The van der Waals surface area contributed by atoms with Crippen molar-refractivity contribution in [3.05, 3.63) is 0 Å². The van der Waals surface area contributed by atoms with Gasteiger partial charge in [0.1, 0.15) is 11.6 Å². The van der Waals surface area contributed by atoms with Gasteiger partial charge in [-0.1, -0.05) is 27.7 Å². The highest BCUT2D eigenvalue weighted by molar-refractivity contribution is 6.07. The lowest BCUT2D eigenvalue weighted by Crippen LogP contribution is -2.24. The molecule has 0 spiro atoms. The Bertz CT molecular complexity index is 697. The molecule has 4 heteroatoms. The first-order chi connectivity index (χ1) is 13.1. The van der Waals surface area contributed by atoms with Gasteiger partial charge in [-0.25, -0.2) is 0 Å². The number of aliphatic imine (C=N–C) groups is 2. The fourth-order valence-electron chi connectivity index (χ4n) is 6.68. The van der Waals surface area contributed by atoms with Crippen molar-refractivity contribution >= 4 is 23.0 Å². The van der Waals surface area contributed by atoms with E-state index in [-0.39, 0.29) is 11.8 Å². The van der Waals surface area contributed by atoms with Crippen LogP contribution in [0.15, 0.2) is 9.98 Å². The molecule has 6 atom stereocenters. The van der Waals surface area contributed by atoms with Crippen LogP contribution in [0.5, 0.6) is 0 Å². The van der Waals surface area contributed by atoms with Crippen molar-refractivity contribution in [1.29, 1.82) is 0 Å². The van der Waals surface area contributed by atoms with Gasteiger partial charge in [0.15, 0.2) is 0 Å². The fraction of sp³-hybridized carbons (Fsp3) is 0.833. The molecule has 0 amide bonds. The van der Waals surface area contributed by atoms with Crippen LogP contribution in [0, 0.1) is 46.3 Å². The number of rotatable bonds is 7. The van der Waals surface area contributed by atoms with Gasteiger partial charge in [0.2, 0.25) is 0 Å². The molecule has 0 saturated heterocycles. The maximum Gasteiger partial charge on any atom is 0.142 e. The molecular formula is C24H36N2O2. The molecule has 0 radical (unpaired) electrons. The first-order valence-electron chi connectivity index (χ1n) is 11.2. The Hall–Kier alpha value is -1.32. The Balaban J connectivity index is 1.22. The van der Waals surface area contributed by atoms with Crippen LogP contribution in [0.25, 0.3) is 0 Å². The molecule has 0 bridgehead atoms. The molecule has 0 heterocycles. The van der Waals surface area contributed by atoms with E-state index in [2.05, 4.69) is 27.7 Å². The molecule has 2 unspecified atom stereocenters. The molecule has 0 aromatic heterocycles. The van der Waals surface area contributed by atoms with Crippen molar-refractivity contribution in [2.75, 3.05) is 13.1 Å². The number of nitrogens with zero attached hydrogens (tertiary/aromatic N) is 2. The van der Waals surface area contributed by atoms with E-state index in [9.17, 15) is 9.59 Å². The van der Waals surface area contributed by atoms with Crippen LogP contribution in [-0.4, -0.2) is 36.1 Å². The van der Waals surface area contributed by atoms with Gasteiger partial charge in [0.25, 0.3) is 0 Å². The second-order valence-electron chi connectivity index (χ2n) is 11.0. The second-order valence-corrected chi connectivity index (χ2v) is 11.0. The summed E-state index contributed by atoms with van der Waals surface area (Å²) in [5.41, 5.74) is 2.74. The maximum absolute atomic E-state index is 12.3. The van der Waals surface area contributed by atoms with E-state index < -0.39 is 0 Å². The number of unbranched alkanes of at least 4 members (excludes halogenated alkanes) is 1. The van der Waals surface area contributed by atoms with E-state index in [4.69, 9.17) is 9.98 Å². The van der Waals surface area contributed by atoms with Crippen LogP contribution >= 0.6 is 0 Å². The highest BCUT2D eigenvalue weighted by Crippen LogP contribution is 2.68. The molecule has 0 aromatic carbocycles. The van der Waals surface area contributed by atoms with Crippen LogP contribution < -0.4 is 0 Å². The first-order valence-corrected chi connectivity index (χ1v) is 11.2. The van der Waals surface area contributed by atoms with Crippen molar-refractivity contribution in [2.24, 2.45) is 56.3 Å². The van der Waals surface area contributed by atoms with Gasteiger partial charge in [-0.2, -0.15) is 0 Å². The monoisotopic (exact) mass is 384 g/mol. The summed E-state index contributed by atoms with van der Waals surface area (Å²) in [7, 11) is 0. The number of hydrogen-bond donors (Lipinski definition) is 0. The van der Waals surface area contributed by atoms with Crippen molar-refractivity contribution in [2.45, 2.75) is 67.2 Å². The number of Topliss-reactive ketones (excluding diaryl/α,β-unsaturated/α-hetero) is 2. The van der Waals surface area contributed by atoms with Gasteiger partial charge >= 0.3 is 0 Å². The highest BCUT2D eigenvalue weighted by Gasteiger charge is 2.68. The molecule has 4 rings (SSSR count). The van der Waals surface area contributed by atoms with Crippen molar-refractivity contribution in [3.8, 4) is 0 Å². The molecule has 0 aromatic rings. The summed E-state index contributed by atoms with van der Waals surface area (Å²) in [6.07, 6.45) is 3.48. The smallest absolute Gasteiger partial charge is 0.142 e. The summed E-state index contributed by atoms with van der Waals surface area (Å²) in [5, 5.41) is 0. The van der Waals surface area contributed by atoms with Crippen LogP contribution in [-0.2, 0) is 9.59 Å². The lowest BCUT2D eigenvalue weighted by atomic mass is 9.89. The van der Waals surface area contributed by atoms with Gasteiger partial charge in [0, 0.05) is 37.4 Å². The molecule has 4 aliphatic rings. The maximum atomic E-state index is 12.3. The number of hydrogen-bond acceptors (Lipinski definition) is 4. The summed E-state index contributed by atoms with van der Waals surface area (Å²) in [4.78, 5) is 34.0. The van der Waals surface area contributed by atoms with E-state index in [1.54, 1.807) is 0 Å². The van der Waals surface area contributed by atoms with Crippen molar-refractivity contribution < 1.29 is 9.59 Å². The topological polar surface area (TPSA) is 58.9 Å². The molecular weight excluding hydrogens is 348 g/mol. The quantitative estimate of drug-likeness (QED) is 0.482. The van der Waals surface area contributed by atoms with Gasteiger partial charge < -0.3 is 0 Å². The third-order valence-electron chi connectivity index (χ3n) is 8.72. The summed E-state index contributed by atoms with van der Waals surface area (Å²) in [6.45, 7) is 14.8. The number of fused-ring (bicyclic) bond motifs is 2. The standard InChI is InChI=1S/C24H36N2O2/c1-13(19-17(27)11-15-21(19)23(15,3)4)25-9-7-8-10-26-14(2)20-18(28)12-16-22(20)24(16,5)6/h15-16,19-22H,7-12H2,1-6H3/t15-,16-,19?,20?,21-,22-/m1/s1. The van der Waals surface area contributed by atoms with Crippen LogP contribution in [0.1, 0.15) is 67.2 Å². The van der Waals surface area contributed by atoms with E-state index in [0.29, 0.717) is 46.1 Å². The largest absolute Gasteiger partial charge is 0.299 e. The Kier molecular flexibility index (Phi) is 4.71. The van der Waals surface area contributed by atoms with Gasteiger partial charge in [-0.15, -0.1) is 0 Å². The zero-order chi connectivity index (χ0) is 20.4. The van der Waals surface area contributed by atoms with Crippen LogP contribution in [0.4, 0.5) is 0 Å². The Morgan fingerprint density at radius 2 is 1.14 bits per heavy atom. The molecule has 154 valence electrons. The molecule has 28 heavy (non-hydrogen) atoms. The predicted octanol–water partition coefficient (Wildman–Crippen LogP) is 4.41. The zero-order valence-corrected chi connectivity index (χ0v) is 18.4. The molecule has 0 aliphatic heterocycles. The summed E-state index contributed by atoms with van der Waals surface area (Å²) >= 11 is 0. The summed E-state index contributed by atoms with van der Waals surface area (Å²) in [5.74, 6) is 3.16. The van der Waals surface area contributed by atoms with E-state index in [1.165, 1.54) is 0 Å². The lowest BCUT2D eigenvalue weighted by molar-refractivity contribution is -0.121. The average molecular weight is 385 g/mol. The molecule has 4 nitrogen and oxygen atoms in total. The Labute approximate surface area is 169 Å². The normalized spacial score (nSPS) is 40.5. The van der Waals surface area contributed by atoms with Crippen LogP contribution in [0.3, 0.4) is 0 Å². The Morgan fingerprint density at radius 3 is 1.46 bits per heavy atom. The average Bonchev–Trinajstić information content (AvgIpc) is 3.14. The Morgan fingerprint density at radius 1 is 0.786 bits per heavy atom. The molecule has 4 saturated carbocycles. The molecule has 4 fully saturated rings. The second kappa shape index (κ2) is 6.60. The summed E-state index contributed by atoms with van der Waals surface area (Å²) < 4.78 is 0. The van der Waals surface area contributed by atoms with Gasteiger partial charge in [0.05, 0.1) is 11.8 Å². The highest BCUT2D eigenvalue weighted by atomic mass is 16.1. The van der Waals surface area contributed by atoms with E-state index >= 15 is 0 Å². The zero-order valence-electron chi connectivity index (χ0n) is 18.4. The van der Waals surface area contributed by atoms with Gasteiger partial charge in [-0.3, -0.25) is 19.6 Å². The lowest BCUT2D eigenvalue weighted by Gasteiger charge is -2.16. The van der Waals surface area contributed by atoms with E-state index in [1.807, 2.05) is 13.8 Å². The summed E-state index contributed by atoms with van der Waals surface area (Å²) in [6, 6.07) is 0. The minimum Gasteiger partial charge on any atom is -0.299 e. The third kappa shape index (κ3) is 3.02. The number of ketones is 2. The minimum absolute atomic E-state index is 0.0727. The fourth-order valence-corrected chi connectivity index (χ4v) is 6.68. The molecule has 4 aliphatic carbocycles. The third-order valence-corrected chi connectivity index (χ3v) is 8.72. The van der Waals surface area contributed by atoms with E-state index in [0.717, 1.165) is 50.2 Å². The number of carbonyl (C=O) groups excluding carboxylic acids is 2. The van der Waals surface area contributed by atoms with Crippen molar-refractivity contribution in [1.82, 2.24) is 0 Å². The molecule has 0 N–H and O–H groups in total. The number of carbonyl (C=O) groups is 2. The predicted molar refractivity (Wildman–Crippen MR) is 113 cm³/mol. The van der Waals surface area contributed by atoms with Gasteiger partial charge in [-0.05, 0) is 61.2 Å². The SMILES string of the molecule is CC(=NCCCCN=C(C)C1C(=O)C[C@@H]2[C@H]1C2(C)C)C1C(=O)C[C@@H]2[C@H]1C2(C)C. The van der Waals surface area contributed by atoms with Crippen LogP contribution in [0.2, 0.25) is 0 Å².